The number of aryl methyl sites for hydroxylation is 2. The molecule has 6 nitrogen and oxygen atoms in total. The van der Waals surface area contributed by atoms with E-state index in [1.165, 1.54) is 11.8 Å². The summed E-state index contributed by atoms with van der Waals surface area (Å²) in [6.45, 7) is 4.43. The molecule has 1 aromatic heterocycles. The first-order chi connectivity index (χ1) is 12.0. The minimum absolute atomic E-state index is 0.0694. The number of nitrogens with zero attached hydrogens (tertiary/aromatic N) is 3. The monoisotopic (exact) mass is 358 g/mol. The van der Waals surface area contributed by atoms with Crippen molar-refractivity contribution in [2.24, 2.45) is 5.73 Å². The van der Waals surface area contributed by atoms with Crippen LogP contribution in [0.4, 0.5) is 0 Å². The van der Waals surface area contributed by atoms with Crippen LogP contribution in [0.25, 0.3) is 0 Å². The lowest BCUT2D eigenvalue weighted by Gasteiger charge is -2.09. The summed E-state index contributed by atoms with van der Waals surface area (Å²) < 4.78 is 1.95. The normalized spacial score (nSPS) is 13.8. The molecule has 132 valence electrons. The molecule has 1 saturated carbocycles. The van der Waals surface area contributed by atoms with Crippen LogP contribution in [0, 0.1) is 13.8 Å². The van der Waals surface area contributed by atoms with Crippen molar-refractivity contribution in [3.63, 3.8) is 0 Å². The highest BCUT2D eigenvalue weighted by Gasteiger charge is 2.30. The van der Waals surface area contributed by atoms with Crippen LogP contribution in [-0.4, -0.2) is 32.2 Å². The van der Waals surface area contributed by atoms with Crippen molar-refractivity contribution in [2.45, 2.75) is 50.7 Å². The Balaban J connectivity index is 1.71. The number of hydrogen-bond acceptors (Lipinski definition) is 5. The second-order valence-electron chi connectivity index (χ2n) is 6.51. The first-order valence-corrected chi connectivity index (χ1v) is 9.39. The van der Waals surface area contributed by atoms with Crippen LogP contribution < -0.4 is 5.73 Å². The van der Waals surface area contributed by atoms with E-state index in [-0.39, 0.29) is 18.1 Å². The van der Waals surface area contributed by atoms with Crippen LogP contribution in [0.5, 0.6) is 0 Å². The number of carbonyl (C=O) groups excluding carboxylic acids is 2. The molecule has 3 rings (SSSR count). The van der Waals surface area contributed by atoms with Crippen LogP contribution in [0.2, 0.25) is 0 Å². The largest absolute Gasteiger partial charge is 0.370 e. The Bertz CT molecular complexity index is 811. The third kappa shape index (κ3) is 4.28. The van der Waals surface area contributed by atoms with E-state index >= 15 is 0 Å². The molecule has 2 N–H and O–H groups in total. The van der Waals surface area contributed by atoms with Gasteiger partial charge in [-0.3, -0.25) is 9.59 Å². The number of thioether (sulfide) groups is 1. The predicted octanol–water partition coefficient (Wildman–Crippen LogP) is 2.62. The molecule has 1 aliphatic carbocycles. The van der Waals surface area contributed by atoms with Crippen LogP contribution >= 0.6 is 11.8 Å². The Morgan fingerprint density at radius 1 is 1.28 bits per heavy atom. The van der Waals surface area contributed by atoms with Gasteiger partial charge in [-0.2, -0.15) is 0 Å². The third-order valence-corrected chi connectivity index (χ3v) is 5.25. The quantitative estimate of drug-likeness (QED) is 0.578. The molecule has 2 aromatic rings. The van der Waals surface area contributed by atoms with E-state index in [4.69, 9.17) is 5.73 Å². The zero-order chi connectivity index (χ0) is 18.0. The van der Waals surface area contributed by atoms with E-state index < -0.39 is 0 Å². The molecule has 1 fully saturated rings. The van der Waals surface area contributed by atoms with Crippen molar-refractivity contribution in [3.05, 3.63) is 40.7 Å². The second kappa shape index (κ2) is 7.39. The SMILES string of the molecule is Cc1ccc(C(=O)CSc2nnc(C3CC3)n2CCC(N)=O)c(C)c1. The lowest BCUT2D eigenvalue weighted by atomic mass is 10.0. The fourth-order valence-electron chi connectivity index (χ4n) is 2.82. The Kier molecular flexibility index (Phi) is 5.22. The Morgan fingerprint density at radius 3 is 2.68 bits per heavy atom. The van der Waals surface area contributed by atoms with E-state index in [1.54, 1.807) is 0 Å². The second-order valence-corrected chi connectivity index (χ2v) is 7.46. The van der Waals surface area contributed by atoms with Gasteiger partial charge in [0.25, 0.3) is 0 Å². The molecule has 0 radical (unpaired) electrons. The standard InChI is InChI=1S/C18H22N4O2S/c1-11-3-6-14(12(2)9-11)15(23)10-25-18-21-20-17(13-4-5-13)22(18)8-7-16(19)24/h3,6,9,13H,4-5,7-8,10H2,1-2H3,(H2,19,24). The summed E-state index contributed by atoms with van der Waals surface area (Å²) in [6.07, 6.45) is 2.44. The number of aromatic nitrogens is 3. The molecule has 0 bridgehead atoms. The number of hydrogen-bond donors (Lipinski definition) is 1. The number of amides is 1. The highest BCUT2D eigenvalue weighted by Crippen LogP contribution is 2.40. The van der Waals surface area contributed by atoms with Crippen LogP contribution in [0.15, 0.2) is 23.4 Å². The lowest BCUT2D eigenvalue weighted by Crippen LogP contribution is -2.16. The van der Waals surface area contributed by atoms with Crippen molar-refractivity contribution in [3.8, 4) is 0 Å². The van der Waals surface area contributed by atoms with Gasteiger partial charge in [0.1, 0.15) is 5.82 Å². The van der Waals surface area contributed by atoms with Gasteiger partial charge in [0.15, 0.2) is 10.9 Å². The maximum absolute atomic E-state index is 12.5. The molecule has 0 atom stereocenters. The fourth-order valence-corrected chi connectivity index (χ4v) is 3.67. The van der Waals surface area contributed by atoms with Crippen molar-refractivity contribution in [1.82, 2.24) is 14.8 Å². The zero-order valence-corrected chi connectivity index (χ0v) is 15.3. The van der Waals surface area contributed by atoms with Gasteiger partial charge in [-0.05, 0) is 32.3 Å². The van der Waals surface area contributed by atoms with E-state index in [0.29, 0.717) is 23.4 Å². The molecular weight excluding hydrogens is 336 g/mol. The summed E-state index contributed by atoms with van der Waals surface area (Å²) in [5, 5.41) is 9.18. The zero-order valence-electron chi connectivity index (χ0n) is 14.5. The van der Waals surface area contributed by atoms with Gasteiger partial charge in [-0.15, -0.1) is 10.2 Å². The Morgan fingerprint density at radius 2 is 2.04 bits per heavy atom. The summed E-state index contributed by atoms with van der Waals surface area (Å²) in [7, 11) is 0. The number of nitrogens with two attached hydrogens (primary N) is 1. The fraction of sp³-hybridized carbons (Fsp3) is 0.444. The molecule has 25 heavy (non-hydrogen) atoms. The summed E-state index contributed by atoms with van der Waals surface area (Å²) >= 11 is 1.37. The van der Waals surface area contributed by atoms with Crippen molar-refractivity contribution >= 4 is 23.5 Å². The average Bonchev–Trinajstić information content (AvgIpc) is 3.31. The van der Waals surface area contributed by atoms with Crippen molar-refractivity contribution in [2.75, 3.05) is 5.75 Å². The molecule has 7 heteroatoms. The van der Waals surface area contributed by atoms with Gasteiger partial charge in [0.05, 0.1) is 5.75 Å². The predicted molar refractivity (Wildman–Crippen MR) is 96.8 cm³/mol. The molecule has 0 saturated heterocycles. The van der Waals surface area contributed by atoms with Gasteiger partial charge < -0.3 is 10.3 Å². The minimum atomic E-state index is -0.349. The lowest BCUT2D eigenvalue weighted by molar-refractivity contribution is -0.118. The smallest absolute Gasteiger partial charge is 0.219 e. The average molecular weight is 358 g/mol. The first kappa shape index (κ1) is 17.7. The molecule has 1 amide bonds. The van der Waals surface area contributed by atoms with E-state index in [2.05, 4.69) is 10.2 Å². The Labute approximate surface area is 151 Å². The number of ketones is 1. The summed E-state index contributed by atoms with van der Waals surface area (Å²) in [4.78, 5) is 23.7. The highest BCUT2D eigenvalue weighted by molar-refractivity contribution is 7.99. The summed E-state index contributed by atoms with van der Waals surface area (Å²) in [5.74, 6) is 1.34. The number of primary amides is 1. The van der Waals surface area contributed by atoms with Crippen LogP contribution in [0.3, 0.4) is 0 Å². The molecule has 0 unspecified atom stereocenters. The number of carbonyl (C=O) groups is 2. The van der Waals surface area contributed by atoms with Crippen molar-refractivity contribution in [1.29, 1.82) is 0 Å². The summed E-state index contributed by atoms with van der Waals surface area (Å²) in [5.41, 5.74) is 8.14. The van der Waals surface area contributed by atoms with E-state index in [0.717, 1.165) is 35.4 Å². The topological polar surface area (TPSA) is 90.9 Å². The molecule has 1 aromatic carbocycles. The molecule has 1 heterocycles. The van der Waals surface area contributed by atoms with Crippen LogP contribution in [0.1, 0.15) is 52.5 Å². The number of Topliss-reactive ketones (excluding diaryl/α,β-unsaturated/α-hetero) is 1. The van der Waals surface area contributed by atoms with E-state index in [1.807, 2.05) is 36.6 Å². The third-order valence-electron chi connectivity index (χ3n) is 4.28. The molecule has 1 aliphatic rings. The molecule has 0 aliphatic heterocycles. The van der Waals surface area contributed by atoms with Gasteiger partial charge in [0, 0.05) is 24.4 Å². The summed E-state index contributed by atoms with van der Waals surface area (Å²) in [6, 6.07) is 5.84. The van der Waals surface area contributed by atoms with Gasteiger partial charge in [-0.1, -0.05) is 35.5 Å². The molecule has 0 spiro atoms. The van der Waals surface area contributed by atoms with Crippen molar-refractivity contribution < 1.29 is 9.59 Å². The van der Waals surface area contributed by atoms with Gasteiger partial charge in [-0.25, -0.2) is 0 Å². The van der Waals surface area contributed by atoms with Crippen LogP contribution in [-0.2, 0) is 11.3 Å². The highest BCUT2D eigenvalue weighted by atomic mass is 32.2. The number of rotatable bonds is 8. The number of benzene rings is 1. The van der Waals surface area contributed by atoms with Gasteiger partial charge in [0.2, 0.25) is 5.91 Å². The minimum Gasteiger partial charge on any atom is -0.370 e. The van der Waals surface area contributed by atoms with E-state index in [9.17, 15) is 9.59 Å². The maximum atomic E-state index is 12.5. The maximum Gasteiger partial charge on any atom is 0.219 e. The first-order valence-electron chi connectivity index (χ1n) is 8.40. The Hall–Kier alpha value is -2.15. The molecular formula is C18H22N4O2S. The van der Waals surface area contributed by atoms with Gasteiger partial charge >= 0.3 is 0 Å².